The third kappa shape index (κ3) is 2.78. The van der Waals surface area contributed by atoms with Crippen LogP contribution in [0.1, 0.15) is 38.3 Å². The van der Waals surface area contributed by atoms with E-state index in [1.54, 1.807) is 6.07 Å². The van der Waals surface area contributed by atoms with Gasteiger partial charge in [-0.3, -0.25) is 0 Å². The Morgan fingerprint density at radius 3 is 2.88 bits per heavy atom. The first-order valence-corrected chi connectivity index (χ1v) is 6.25. The molecule has 0 spiro atoms. The van der Waals surface area contributed by atoms with E-state index in [2.05, 4.69) is 19.2 Å². The summed E-state index contributed by atoms with van der Waals surface area (Å²) in [5.74, 6) is 0.833. The van der Waals surface area contributed by atoms with Gasteiger partial charge in [-0.25, -0.2) is 4.39 Å². The molecule has 94 valence electrons. The van der Waals surface area contributed by atoms with Crippen molar-refractivity contribution >= 4 is 0 Å². The molecule has 0 aromatic heterocycles. The number of hydrogen-bond acceptors (Lipinski definition) is 2. The minimum absolute atomic E-state index is 0.242. The Kier molecular flexibility index (Phi) is 3.67. The van der Waals surface area contributed by atoms with Crippen molar-refractivity contribution < 1.29 is 9.13 Å². The van der Waals surface area contributed by atoms with Crippen molar-refractivity contribution in [2.75, 3.05) is 7.11 Å². The Morgan fingerprint density at radius 1 is 1.53 bits per heavy atom. The molecule has 0 aliphatic heterocycles. The summed E-state index contributed by atoms with van der Waals surface area (Å²) in [4.78, 5) is 0. The number of methoxy groups -OCH3 is 1. The van der Waals surface area contributed by atoms with Gasteiger partial charge in [0.25, 0.3) is 0 Å². The number of benzene rings is 1. The average molecular weight is 237 g/mol. The van der Waals surface area contributed by atoms with Crippen LogP contribution in [0.2, 0.25) is 0 Å². The van der Waals surface area contributed by atoms with E-state index in [1.807, 2.05) is 6.07 Å². The monoisotopic (exact) mass is 237 g/mol. The second-order valence-electron chi connectivity index (χ2n) is 4.79. The van der Waals surface area contributed by atoms with E-state index in [-0.39, 0.29) is 11.9 Å². The van der Waals surface area contributed by atoms with E-state index in [9.17, 15) is 4.39 Å². The summed E-state index contributed by atoms with van der Waals surface area (Å²) in [6.45, 7) is 4.33. The fraction of sp³-hybridized carbons (Fsp3) is 0.571. The number of ether oxygens (including phenoxy) is 1. The van der Waals surface area contributed by atoms with Crippen LogP contribution in [0.3, 0.4) is 0 Å². The number of nitrogens with one attached hydrogen (secondary N) is 1. The Balaban J connectivity index is 2.01. The van der Waals surface area contributed by atoms with E-state index in [4.69, 9.17) is 4.74 Å². The van der Waals surface area contributed by atoms with Gasteiger partial charge in [-0.2, -0.15) is 0 Å². The molecule has 1 N–H and O–H groups in total. The van der Waals surface area contributed by atoms with Gasteiger partial charge in [0.15, 0.2) is 11.6 Å². The lowest BCUT2D eigenvalue weighted by atomic mass is 10.1. The smallest absolute Gasteiger partial charge is 0.165 e. The molecule has 1 aromatic rings. The van der Waals surface area contributed by atoms with Crippen LogP contribution in [0, 0.1) is 11.7 Å². The third-order valence-corrected chi connectivity index (χ3v) is 3.59. The van der Waals surface area contributed by atoms with Crippen LogP contribution < -0.4 is 10.1 Å². The summed E-state index contributed by atoms with van der Waals surface area (Å²) in [6, 6.07) is 5.93. The van der Waals surface area contributed by atoms with Gasteiger partial charge in [0.05, 0.1) is 7.11 Å². The molecule has 0 bridgehead atoms. The van der Waals surface area contributed by atoms with Gasteiger partial charge >= 0.3 is 0 Å². The largest absolute Gasteiger partial charge is 0.494 e. The van der Waals surface area contributed by atoms with Gasteiger partial charge in [-0.15, -0.1) is 0 Å². The molecule has 1 saturated carbocycles. The molecule has 1 aliphatic rings. The lowest BCUT2D eigenvalue weighted by Gasteiger charge is -2.15. The number of rotatable bonds is 5. The summed E-state index contributed by atoms with van der Waals surface area (Å²) >= 11 is 0. The number of hydrogen-bond donors (Lipinski definition) is 1. The highest BCUT2D eigenvalue weighted by molar-refractivity contribution is 5.32. The quantitative estimate of drug-likeness (QED) is 0.848. The van der Waals surface area contributed by atoms with Gasteiger partial charge < -0.3 is 10.1 Å². The Hall–Kier alpha value is -1.09. The van der Waals surface area contributed by atoms with Gasteiger partial charge in [0, 0.05) is 12.1 Å². The highest BCUT2D eigenvalue weighted by Gasteiger charge is 2.35. The van der Waals surface area contributed by atoms with Gasteiger partial charge in [0.1, 0.15) is 0 Å². The van der Waals surface area contributed by atoms with Crippen LogP contribution in [-0.2, 0) is 0 Å². The van der Waals surface area contributed by atoms with E-state index >= 15 is 0 Å². The maximum atomic E-state index is 13.3. The average Bonchev–Trinajstić information content (AvgIpc) is 3.08. The molecule has 0 heterocycles. The van der Waals surface area contributed by atoms with Gasteiger partial charge in [-0.1, -0.05) is 19.4 Å². The maximum absolute atomic E-state index is 13.3. The van der Waals surface area contributed by atoms with Gasteiger partial charge in [0.2, 0.25) is 0 Å². The Labute approximate surface area is 102 Å². The van der Waals surface area contributed by atoms with E-state index in [0.717, 1.165) is 11.5 Å². The SMILES string of the molecule is CCC1CC1NC(C)c1ccc(F)c(OC)c1. The van der Waals surface area contributed by atoms with Crippen LogP contribution in [0.15, 0.2) is 18.2 Å². The molecular weight excluding hydrogens is 217 g/mol. The first-order chi connectivity index (χ1) is 8.15. The zero-order valence-corrected chi connectivity index (χ0v) is 10.7. The summed E-state index contributed by atoms with van der Waals surface area (Å²) in [5, 5.41) is 3.56. The molecule has 0 saturated heterocycles. The second-order valence-corrected chi connectivity index (χ2v) is 4.79. The standard InChI is InChI=1S/C14H20FNO/c1-4-10-7-13(10)16-9(2)11-5-6-12(15)14(8-11)17-3/h5-6,8-10,13,16H,4,7H2,1-3H3. The van der Waals surface area contributed by atoms with Crippen molar-refractivity contribution in [1.29, 1.82) is 0 Å². The fourth-order valence-electron chi connectivity index (χ4n) is 2.27. The molecule has 2 rings (SSSR count). The molecular formula is C14H20FNO. The molecule has 1 aliphatic carbocycles. The van der Waals surface area contributed by atoms with Crippen molar-refractivity contribution in [2.45, 2.75) is 38.8 Å². The molecule has 0 radical (unpaired) electrons. The minimum atomic E-state index is -0.304. The van der Waals surface area contributed by atoms with Crippen LogP contribution >= 0.6 is 0 Å². The summed E-state index contributed by atoms with van der Waals surface area (Å²) in [7, 11) is 1.49. The molecule has 3 unspecified atom stereocenters. The first-order valence-electron chi connectivity index (χ1n) is 6.25. The van der Waals surface area contributed by atoms with E-state index in [1.165, 1.54) is 26.0 Å². The highest BCUT2D eigenvalue weighted by atomic mass is 19.1. The van der Waals surface area contributed by atoms with Crippen LogP contribution in [0.25, 0.3) is 0 Å². The van der Waals surface area contributed by atoms with Crippen molar-refractivity contribution in [1.82, 2.24) is 5.32 Å². The molecule has 2 nitrogen and oxygen atoms in total. The molecule has 3 atom stereocenters. The van der Waals surface area contributed by atoms with Crippen molar-refractivity contribution in [2.24, 2.45) is 5.92 Å². The molecule has 17 heavy (non-hydrogen) atoms. The Morgan fingerprint density at radius 2 is 2.29 bits per heavy atom. The van der Waals surface area contributed by atoms with Crippen molar-refractivity contribution in [3.05, 3.63) is 29.6 Å². The highest BCUT2D eigenvalue weighted by Crippen LogP contribution is 2.35. The second kappa shape index (κ2) is 5.05. The topological polar surface area (TPSA) is 21.3 Å². The summed E-state index contributed by atoms with van der Waals surface area (Å²) in [6.07, 6.45) is 2.50. The fourth-order valence-corrected chi connectivity index (χ4v) is 2.27. The molecule has 3 heteroatoms. The molecule has 0 amide bonds. The van der Waals surface area contributed by atoms with Crippen molar-refractivity contribution in [3.8, 4) is 5.75 Å². The lowest BCUT2D eigenvalue weighted by Crippen LogP contribution is -2.22. The lowest BCUT2D eigenvalue weighted by molar-refractivity contribution is 0.385. The van der Waals surface area contributed by atoms with Crippen LogP contribution in [-0.4, -0.2) is 13.2 Å². The van der Waals surface area contributed by atoms with Crippen LogP contribution in [0.4, 0.5) is 4.39 Å². The summed E-state index contributed by atoms with van der Waals surface area (Å²) < 4.78 is 18.3. The molecule has 1 aromatic carbocycles. The summed E-state index contributed by atoms with van der Waals surface area (Å²) in [5.41, 5.74) is 1.07. The normalized spacial score (nSPS) is 24.5. The maximum Gasteiger partial charge on any atom is 0.165 e. The van der Waals surface area contributed by atoms with Gasteiger partial charge in [-0.05, 0) is 37.0 Å². The van der Waals surface area contributed by atoms with E-state index in [0.29, 0.717) is 11.8 Å². The van der Waals surface area contributed by atoms with E-state index < -0.39 is 0 Å². The van der Waals surface area contributed by atoms with Crippen LogP contribution in [0.5, 0.6) is 5.75 Å². The number of halogens is 1. The predicted molar refractivity (Wildman–Crippen MR) is 66.7 cm³/mol. The van der Waals surface area contributed by atoms with Crippen molar-refractivity contribution in [3.63, 3.8) is 0 Å². The minimum Gasteiger partial charge on any atom is -0.494 e. The first kappa shape index (κ1) is 12.4. The molecule has 1 fully saturated rings. The Bertz CT molecular complexity index is 394. The predicted octanol–water partition coefficient (Wildman–Crippen LogP) is 3.28. The zero-order chi connectivity index (χ0) is 12.4. The zero-order valence-electron chi connectivity index (χ0n) is 10.7. The third-order valence-electron chi connectivity index (χ3n) is 3.59.